The summed E-state index contributed by atoms with van der Waals surface area (Å²) in [6, 6.07) is 11.5. The molecule has 0 N–H and O–H groups in total. The summed E-state index contributed by atoms with van der Waals surface area (Å²) in [6.07, 6.45) is 1.74. The predicted octanol–water partition coefficient (Wildman–Crippen LogP) is 2.35. The zero-order chi connectivity index (χ0) is 20.1. The van der Waals surface area contributed by atoms with Crippen LogP contribution in [0.1, 0.15) is 11.1 Å². The summed E-state index contributed by atoms with van der Waals surface area (Å²) in [6.45, 7) is 5.59. The van der Waals surface area contributed by atoms with E-state index in [-0.39, 0.29) is 10.6 Å². The van der Waals surface area contributed by atoms with Crippen molar-refractivity contribution in [1.29, 1.82) is 0 Å². The van der Waals surface area contributed by atoms with E-state index in [1.165, 1.54) is 19.2 Å². The van der Waals surface area contributed by atoms with Crippen LogP contribution in [0.5, 0.6) is 11.5 Å². The minimum atomic E-state index is -3.94. The molecule has 0 saturated carbocycles. The Morgan fingerprint density at radius 2 is 1.68 bits per heavy atom. The van der Waals surface area contributed by atoms with Crippen LogP contribution in [0.4, 0.5) is 0 Å². The molecule has 0 bridgehead atoms. The minimum Gasteiger partial charge on any atom is -0.493 e. The maximum atomic E-state index is 12.5. The van der Waals surface area contributed by atoms with Crippen molar-refractivity contribution in [2.75, 3.05) is 40.3 Å². The average molecular weight is 404 g/mol. The molecule has 0 spiro atoms. The molecule has 0 amide bonds. The number of rotatable bonds is 6. The fraction of sp³-hybridized carbons (Fsp3) is 0.350. The van der Waals surface area contributed by atoms with Crippen LogP contribution in [0.3, 0.4) is 0 Å². The number of hydrogen-bond donors (Lipinski definition) is 0. The van der Waals surface area contributed by atoms with Gasteiger partial charge in [0, 0.05) is 26.2 Å². The molecular weight excluding hydrogens is 378 g/mol. The van der Waals surface area contributed by atoms with E-state index in [4.69, 9.17) is 8.92 Å². The first-order chi connectivity index (χ1) is 13.4. The van der Waals surface area contributed by atoms with Gasteiger partial charge in [0.05, 0.1) is 13.3 Å². The number of likely N-dealkylation sites (N-methyl/N-ethyl adjacent to an activating group) is 1. The van der Waals surface area contributed by atoms with E-state index >= 15 is 0 Å². The smallest absolute Gasteiger partial charge is 0.339 e. The Morgan fingerprint density at radius 3 is 2.32 bits per heavy atom. The maximum absolute atomic E-state index is 12.5. The van der Waals surface area contributed by atoms with E-state index in [1.807, 2.05) is 11.9 Å². The fourth-order valence-corrected chi connectivity index (χ4v) is 3.70. The summed E-state index contributed by atoms with van der Waals surface area (Å²) in [7, 11) is -0.370. The van der Waals surface area contributed by atoms with Gasteiger partial charge in [-0.1, -0.05) is 17.7 Å². The summed E-state index contributed by atoms with van der Waals surface area (Å²) < 4.78 is 35.6. The molecule has 1 saturated heterocycles. The first-order valence-corrected chi connectivity index (χ1v) is 10.4. The molecule has 1 aliphatic heterocycles. The van der Waals surface area contributed by atoms with Gasteiger partial charge in [-0.15, -0.1) is 0 Å². The van der Waals surface area contributed by atoms with Gasteiger partial charge in [0.2, 0.25) is 0 Å². The van der Waals surface area contributed by atoms with Crippen LogP contribution in [0.2, 0.25) is 0 Å². The Bertz CT molecular complexity index is 934. The molecule has 7 nitrogen and oxygen atoms in total. The second-order valence-corrected chi connectivity index (χ2v) is 8.31. The van der Waals surface area contributed by atoms with Crippen LogP contribution < -0.4 is 8.92 Å². The molecule has 0 aliphatic carbocycles. The molecule has 8 heteroatoms. The van der Waals surface area contributed by atoms with Crippen molar-refractivity contribution < 1.29 is 17.3 Å². The Hall–Kier alpha value is -2.58. The zero-order valence-electron chi connectivity index (χ0n) is 16.3. The Labute approximate surface area is 166 Å². The normalized spacial score (nSPS) is 15.8. The molecule has 1 fully saturated rings. The largest absolute Gasteiger partial charge is 0.493 e. The second-order valence-electron chi connectivity index (χ2n) is 6.76. The highest BCUT2D eigenvalue weighted by Gasteiger charge is 2.19. The summed E-state index contributed by atoms with van der Waals surface area (Å²) in [5.74, 6) is 0.470. The first kappa shape index (κ1) is 20.2. The molecule has 0 aromatic heterocycles. The van der Waals surface area contributed by atoms with E-state index in [2.05, 4.69) is 17.0 Å². The molecule has 0 radical (unpaired) electrons. The Balaban J connectivity index is 1.75. The summed E-state index contributed by atoms with van der Waals surface area (Å²) in [4.78, 5) is 2.36. The molecule has 2 aromatic carbocycles. The van der Waals surface area contributed by atoms with Crippen molar-refractivity contribution in [3.05, 3.63) is 53.6 Å². The Kier molecular flexibility index (Phi) is 6.21. The van der Waals surface area contributed by atoms with Gasteiger partial charge in [-0.25, -0.2) is 0 Å². The third-order valence-electron chi connectivity index (χ3n) is 4.55. The van der Waals surface area contributed by atoms with Crippen molar-refractivity contribution in [1.82, 2.24) is 9.91 Å². The third-order valence-corrected chi connectivity index (χ3v) is 5.80. The number of piperazine rings is 1. The standard InChI is InChI=1S/C20H25N3O4S/c1-16-4-7-18(8-5-16)28(24,25)27-19-9-6-17(14-20(19)26-3)15-21-23-12-10-22(2)11-13-23/h4-9,14-15H,10-13H2,1-3H3/b21-15+. The number of aryl methyl sites for hydroxylation is 1. The van der Waals surface area contributed by atoms with Crippen LogP contribution in [-0.4, -0.2) is 64.9 Å². The zero-order valence-corrected chi connectivity index (χ0v) is 17.1. The molecule has 28 heavy (non-hydrogen) atoms. The van der Waals surface area contributed by atoms with Crippen molar-refractivity contribution in [2.45, 2.75) is 11.8 Å². The van der Waals surface area contributed by atoms with Crippen LogP contribution in [0.25, 0.3) is 0 Å². The van der Waals surface area contributed by atoms with E-state index in [0.717, 1.165) is 37.3 Å². The number of benzene rings is 2. The maximum Gasteiger partial charge on any atom is 0.339 e. The van der Waals surface area contributed by atoms with Crippen molar-refractivity contribution >= 4 is 16.3 Å². The monoisotopic (exact) mass is 403 g/mol. The Morgan fingerprint density at radius 1 is 1.00 bits per heavy atom. The van der Waals surface area contributed by atoms with E-state index in [1.54, 1.807) is 36.5 Å². The molecule has 2 aromatic rings. The molecule has 1 aliphatic rings. The minimum absolute atomic E-state index is 0.0980. The molecule has 3 rings (SSSR count). The quantitative estimate of drug-likeness (QED) is 0.545. The average Bonchev–Trinajstić information content (AvgIpc) is 2.68. The summed E-state index contributed by atoms with van der Waals surface area (Å²) in [5, 5.41) is 6.50. The van der Waals surface area contributed by atoms with Crippen molar-refractivity contribution in [3.63, 3.8) is 0 Å². The van der Waals surface area contributed by atoms with Gasteiger partial charge in [0.15, 0.2) is 11.5 Å². The van der Waals surface area contributed by atoms with Crippen molar-refractivity contribution in [2.24, 2.45) is 5.10 Å². The third kappa shape index (κ3) is 5.02. The number of ether oxygens (including phenoxy) is 1. The molecule has 150 valence electrons. The van der Waals surface area contributed by atoms with E-state index in [9.17, 15) is 8.42 Å². The summed E-state index contributed by atoms with van der Waals surface area (Å²) in [5.41, 5.74) is 1.77. The summed E-state index contributed by atoms with van der Waals surface area (Å²) >= 11 is 0. The highest BCUT2D eigenvalue weighted by atomic mass is 32.2. The lowest BCUT2D eigenvalue weighted by molar-refractivity contribution is 0.159. The van der Waals surface area contributed by atoms with E-state index < -0.39 is 10.1 Å². The first-order valence-electron chi connectivity index (χ1n) is 9.04. The lowest BCUT2D eigenvalue weighted by atomic mass is 10.2. The van der Waals surface area contributed by atoms with Crippen LogP contribution >= 0.6 is 0 Å². The predicted molar refractivity (Wildman–Crippen MR) is 109 cm³/mol. The topological polar surface area (TPSA) is 71.4 Å². The number of nitrogens with zero attached hydrogens (tertiary/aromatic N) is 3. The number of hydrogen-bond acceptors (Lipinski definition) is 7. The highest BCUT2D eigenvalue weighted by Crippen LogP contribution is 2.30. The highest BCUT2D eigenvalue weighted by molar-refractivity contribution is 7.87. The van der Waals surface area contributed by atoms with Gasteiger partial charge in [0.1, 0.15) is 4.90 Å². The van der Waals surface area contributed by atoms with Crippen LogP contribution in [-0.2, 0) is 10.1 Å². The van der Waals surface area contributed by atoms with Gasteiger partial charge in [-0.3, -0.25) is 5.01 Å². The second kappa shape index (κ2) is 8.62. The van der Waals surface area contributed by atoms with Gasteiger partial charge in [-0.05, 0) is 49.9 Å². The van der Waals surface area contributed by atoms with Gasteiger partial charge >= 0.3 is 10.1 Å². The van der Waals surface area contributed by atoms with Crippen LogP contribution in [0, 0.1) is 6.92 Å². The number of methoxy groups -OCH3 is 1. The molecular formula is C20H25N3O4S. The fourth-order valence-electron chi connectivity index (χ4n) is 2.76. The molecule has 1 heterocycles. The van der Waals surface area contributed by atoms with E-state index in [0.29, 0.717) is 5.75 Å². The van der Waals surface area contributed by atoms with Gasteiger partial charge in [0.25, 0.3) is 0 Å². The lowest BCUT2D eigenvalue weighted by Crippen LogP contribution is -2.41. The van der Waals surface area contributed by atoms with Gasteiger partial charge in [-0.2, -0.15) is 13.5 Å². The molecule has 0 atom stereocenters. The van der Waals surface area contributed by atoms with Crippen molar-refractivity contribution in [3.8, 4) is 11.5 Å². The SMILES string of the molecule is COc1cc(/C=N/N2CCN(C)CC2)ccc1OS(=O)(=O)c1ccc(C)cc1. The molecule has 0 unspecified atom stereocenters. The van der Waals surface area contributed by atoms with Crippen LogP contribution in [0.15, 0.2) is 52.5 Å². The number of hydrazone groups is 1. The lowest BCUT2D eigenvalue weighted by Gasteiger charge is -2.30. The van der Waals surface area contributed by atoms with Gasteiger partial charge < -0.3 is 13.8 Å².